The summed E-state index contributed by atoms with van der Waals surface area (Å²) < 4.78 is 30.3. The molecule has 0 amide bonds. The molecular weight excluding hydrogens is 320 g/mol. The number of rotatable bonds is 5. The Hall–Kier alpha value is -0.670. The minimum absolute atomic E-state index is 0.182. The topological polar surface area (TPSA) is 85.4 Å². The van der Waals surface area contributed by atoms with Crippen LogP contribution in [0.1, 0.15) is 6.42 Å². The number of ether oxygens (including phenoxy) is 1. The van der Waals surface area contributed by atoms with Crippen LogP contribution in [-0.4, -0.2) is 32.2 Å². The zero-order valence-corrected chi connectivity index (χ0v) is 11.5. The van der Waals surface area contributed by atoms with Gasteiger partial charge in [-0.25, -0.2) is 13.4 Å². The third kappa shape index (κ3) is 4.45. The van der Waals surface area contributed by atoms with Gasteiger partial charge in [-0.15, -0.1) is 0 Å². The summed E-state index contributed by atoms with van der Waals surface area (Å²) in [7, 11) is -2.34. The van der Waals surface area contributed by atoms with Gasteiger partial charge in [0.05, 0.1) is 29.3 Å². The van der Waals surface area contributed by atoms with Gasteiger partial charge in [-0.05, 0) is 15.9 Å². The maximum atomic E-state index is 11.5. The van der Waals surface area contributed by atoms with Crippen LogP contribution in [0.15, 0.2) is 9.98 Å². The monoisotopic (exact) mass is 328 g/mol. The largest absolute Gasteiger partial charge is 0.469 e. The number of carbonyl (C=O) groups excluding carboxylic acids is 1. The van der Waals surface area contributed by atoms with Crippen LogP contribution in [0.3, 0.4) is 0 Å². The molecule has 0 saturated heterocycles. The number of methoxy groups -OCH3 is 1. The summed E-state index contributed by atoms with van der Waals surface area (Å²) in [5, 5.41) is 0.261. The van der Waals surface area contributed by atoms with Gasteiger partial charge in [0.2, 0.25) is 10.0 Å². The molecule has 90 valence electrons. The molecule has 1 rings (SSSR count). The zero-order chi connectivity index (χ0) is 12.2. The van der Waals surface area contributed by atoms with Gasteiger partial charge in [-0.1, -0.05) is 11.3 Å². The summed E-state index contributed by atoms with van der Waals surface area (Å²) in [6, 6.07) is 0. The first-order chi connectivity index (χ1) is 7.43. The Morgan fingerprint density at radius 1 is 1.69 bits per heavy atom. The molecule has 0 aliphatic heterocycles. The Labute approximate surface area is 105 Å². The molecule has 1 heterocycles. The fraction of sp³-hybridized carbons (Fsp3) is 0.429. The number of hydrogen-bond donors (Lipinski definition) is 1. The second kappa shape index (κ2) is 5.60. The minimum atomic E-state index is -3.55. The van der Waals surface area contributed by atoms with E-state index in [4.69, 9.17) is 0 Å². The van der Waals surface area contributed by atoms with Gasteiger partial charge in [-0.3, -0.25) is 9.52 Å². The Morgan fingerprint density at radius 3 is 2.88 bits per heavy atom. The van der Waals surface area contributed by atoms with Crippen LogP contribution in [0.5, 0.6) is 0 Å². The summed E-state index contributed by atoms with van der Waals surface area (Å²) in [6.07, 6.45) is 1.31. The smallest absolute Gasteiger partial charge is 0.306 e. The average molecular weight is 329 g/mol. The SMILES string of the molecule is COC(=O)CCS(=O)(=O)Nc1ncc(Br)s1. The van der Waals surface area contributed by atoms with Crippen LogP contribution in [0.4, 0.5) is 5.13 Å². The molecule has 6 nitrogen and oxygen atoms in total. The first-order valence-electron chi connectivity index (χ1n) is 4.11. The molecule has 0 radical (unpaired) electrons. The highest BCUT2D eigenvalue weighted by Gasteiger charge is 2.15. The maximum Gasteiger partial charge on any atom is 0.306 e. The van der Waals surface area contributed by atoms with Gasteiger partial charge in [0, 0.05) is 0 Å². The van der Waals surface area contributed by atoms with Gasteiger partial charge < -0.3 is 4.74 Å². The lowest BCUT2D eigenvalue weighted by Gasteiger charge is -2.03. The molecule has 1 aromatic heterocycles. The van der Waals surface area contributed by atoms with E-state index in [-0.39, 0.29) is 17.3 Å². The van der Waals surface area contributed by atoms with E-state index in [0.29, 0.717) is 0 Å². The molecule has 0 aliphatic carbocycles. The first-order valence-corrected chi connectivity index (χ1v) is 7.38. The summed E-state index contributed by atoms with van der Waals surface area (Å²) >= 11 is 4.31. The van der Waals surface area contributed by atoms with Crippen molar-refractivity contribution in [2.75, 3.05) is 17.6 Å². The highest BCUT2D eigenvalue weighted by Crippen LogP contribution is 2.23. The fourth-order valence-corrected chi connectivity index (χ4v) is 3.17. The predicted molar refractivity (Wildman–Crippen MR) is 63.9 cm³/mol. The number of nitrogens with zero attached hydrogens (tertiary/aromatic N) is 1. The van der Waals surface area contributed by atoms with E-state index in [1.165, 1.54) is 13.3 Å². The van der Waals surface area contributed by atoms with Crippen molar-refractivity contribution in [3.05, 3.63) is 9.98 Å². The van der Waals surface area contributed by atoms with E-state index < -0.39 is 16.0 Å². The van der Waals surface area contributed by atoms with Crippen molar-refractivity contribution in [1.29, 1.82) is 0 Å². The van der Waals surface area contributed by atoms with Gasteiger partial charge in [0.1, 0.15) is 0 Å². The van der Waals surface area contributed by atoms with E-state index in [2.05, 4.69) is 30.4 Å². The van der Waals surface area contributed by atoms with Crippen LogP contribution in [0.2, 0.25) is 0 Å². The van der Waals surface area contributed by atoms with E-state index in [1.54, 1.807) is 0 Å². The summed E-state index contributed by atoms with van der Waals surface area (Å²) in [5.74, 6) is -0.887. The van der Waals surface area contributed by atoms with E-state index in [9.17, 15) is 13.2 Å². The summed E-state index contributed by atoms with van der Waals surface area (Å²) in [5.41, 5.74) is 0. The molecule has 0 bridgehead atoms. The van der Waals surface area contributed by atoms with Crippen molar-refractivity contribution < 1.29 is 17.9 Å². The first kappa shape index (κ1) is 13.4. The second-order valence-corrected chi connectivity index (χ2v) is 6.97. The third-order valence-electron chi connectivity index (χ3n) is 1.52. The fourth-order valence-electron chi connectivity index (χ4n) is 0.805. The average Bonchev–Trinajstić information content (AvgIpc) is 2.59. The lowest BCUT2D eigenvalue weighted by molar-refractivity contribution is -0.140. The van der Waals surface area contributed by atoms with Crippen LogP contribution in [0, 0.1) is 0 Å². The molecule has 1 aromatic rings. The number of nitrogens with one attached hydrogen (secondary N) is 1. The van der Waals surface area contributed by atoms with Gasteiger partial charge in [0.15, 0.2) is 5.13 Å². The molecule has 0 atom stereocenters. The Morgan fingerprint density at radius 2 is 2.38 bits per heavy atom. The molecule has 0 aromatic carbocycles. The Kier molecular flexibility index (Phi) is 4.69. The molecule has 0 spiro atoms. The van der Waals surface area contributed by atoms with Crippen LogP contribution < -0.4 is 4.72 Å². The molecular formula is C7H9BrN2O4S2. The summed E-state index contributed by atoms with van der Waals surface area (Å²) in [4.78, 5) is 14.6. The Bertz CT molecular complexity index is 470. The number of hydrogen-bond acceptors (Lipinski definition) is 6. The van der Waals surface area contributed by atoms with E-state index in [1.807, 2.05) is 0 Å². The van der Waals surface area contributed by atoms with Crippen LogP contribution >= 0.6 is 27.3 Å². The van der Waals surface area contributed by atoms with Crippen molar-refractivity contribution in [2.24, 2.45) is 0 Å². The van der Waals surface area contributed by atoms with Crippen LogP contribution in [-0.2, 0) is 19.6 Å². The van der Waals surface area contributed by atoms with Crippen molar-refractivity contribution in [3.63, 3.8) is 0 Å². The number of esters is 1. The Balaban J connectivity index is 2.55. The van der Waals surface area contributed by atoms with Crippen LogP contribution in [0.25, 0.3) is 0 Å². The molecule has 0 saturated carbocycles. The lowest BCUT2D eigenvalue weighted by Crippen LogP contribution is -2.19. The lowest BCUT2D eigenvalue weighted by atomic mass is 10.5. The van der Waals surface area contributed by atoms with Gasteiger partial charge in [-0.2, -0.15) is 0 Å². The molecule has 0 aliphatic rings. The number of thiazole rings is 1. The standard InChI is InChI=1S/C7H9BrN2O4S2/c1-14-6(11)2-3-16(12,13)10-7-9-4-5(8)15-7/h4H,2-3H2,1H3,(H,9,10). The van der Waals surface area contributed by atoms with Gasteiger partial charge in [0.25, 0.3) is 0 Å². The highest BCUT2D eigenvalue weighted by atomic mass is 79.9. The third-order valence-corrected chi connectivity index (χ3v) is 4.29. The highest BCUT2D eigenvalue weighted by molar-refractivity contribution is 9.11. The molecule has 1 N–H and O–H groups in total. The second-order valence-electron chi connectivity index (χ2n) is 2.72. The minimum Gasteiger partial charge on any atom is -0.469 e. The zero-order valence-electron chi connectivity index (χ0n) is 8.27. The number of anilines is 1. The van der Waals surface area contributed by atoms with Crippen molar-refractivity contribution in [3.8, 4) is 0 Å². The number of aromatic nitrogens is 1. The summed E-state index contributed by atoms with van der Waals surface area (Å²) in [6.45, 7) is 0. The molecule has 0 unspecified atom stereocenters. The number of sulfonamides is 1. The van der Waals surface area contributed by atoms with Gasteiger partial charge >= 0.3 is 5.97 Å². The van der Waals surface area contributed by atoms with Crippen molar-refractivity contribution >= 4 is 48.4 Å². The number of carbonyl (C=O) groups is 1. The van der Waals surface area contributed by atoms with Crippen molar-refractivity contribution in [1.82, 2.24) is 4.98 Å². The predicted octanol–water partition coefficient (Wildman–Crippen LogP) is 1.21. The number of halogens is 1. The molecule has 16 heavy (non-hydrogen) atoms. The maximum absolute atomic E-state index is 11.5. The van der Waals surface area contributed by atoms with E-state index in [0.717, 1.165) is 15.1 Å². The quantitative estimate of drug-likeness (QED) is 0.821. The molecule has 0 fully saturated rings. The molecule has 9 heteroatoms. The van der Waals surface area contributed by atoms with Crippen molar-refractivity contribution in [2.45, 2.75) is 6.42 Å². The normalized spacial score (nSPS) is 11.1. The van der Waals surface area contributed by atoms with E-state index >= 15 is 0 Å².